The van der Waals surface area contributed by atoms with Gasteiger partial charge >= 0.3 is 0 Å². The third-order valence-corrected chi connectivity index (χ3v) is 3.60. The normalized spacial score (nSPS) is 11.9. The molecule has 0 amide bonds. The lowest BCUT2D eigenvalue weighted by molar-refractivity contribution is 0.281. The Hall–Kier alpha value is -1.09. The van der Waals surface area contributed by atoms with E-state index in [4.69, 9.17) is 4.74 Å². The highest BCUT2D eigenvalue weighted by atomic mass is 32.1. The van der Waals surface area contributed by atoms with E-state index in [1.807, 2.05) is 11.3 Å². The summed E-state index contributed by atoms with van der Waals surface area (Å²) < 4.78 is 14.8. The molecule has 0 radical (unpaired) electrons. The molecule has 0 fully saturated rings. The van der Waals surface area contributed by atoms with Crippen molar-refractivity contribution in [1.29, 1.82) is 0 Å². The standard InChI is InChI=1S/C14H20OS.CH3F/c1-5-12(8-9-13(6-2)15-4)14-10-7-11(3)16-14;1-2/h7-10H,5-6H2,1-4H3;1H3/b12-8+,13-9+;. The zero-order valence-electron chi connectivity index (χ0n) is 11.9. The van der Waals surface area contributed by atoms with Gasteiger partial charge in [-0.25, -0.2) is 0 Å². The SMILES string of the molecule is CC/C(=C\C=C(/CC)c1ccc(C)s1)OC.CF. The first kappa shape index (κ1) is 16.9. The molecule has 0 saturated heterocycles. The second kappa shape index (κ2) is 9.89. The molecule has 0 aliphatic rings. The van der Waals surface area contributed by atoms with Gasteiger partial charge in [-0.3, -0.25) is 4.39 Å². The summed E-state index contributed by atoms with van der Waals surface area (Å²) in [6, 6.07) is 4.37. The van der Waals surface area contributed by atoms with Crippen molar-refractivity contribution in [2.75, 3.05) is 14.3 Å². The summed E-state index contributed by atoms with van der Waals surface area (Å²) >= 11 is 1.85. The predicted molar refractivity (Wildman–Crippen MR) is 79.7 cm³/mol. The molecule has 0 saturated carbocycles. The van der Waals surface area contributed by atoms with E-state index in [1.54, 1.807) is 7.11 Å². The summed E-state index contributed by atoms with van der Waals surface area (Å²) in [5, 5.41) is 0. The zero-order valence-corrected chi connectivity index (χ0v) is 12.7. The fourth-order valence-electron chi connectivity index (χ4n) is 1.51. The molecule has 1 aromatic heterocycles. The van der Waals surface area contributed by atoms with Crippen LogP contribution in [-0.2, 0) is 4.74 Å². The number of rotatable bonds is 5. The molecule has 0 aromatic carbocycles. The van der Waals surface area contributed by atoms with Gasteiger partial charge < -0.3 is 4.74 Å². The van der Waals surface area contributed by atoms with Crippen molar-refractivity contribution >= 4 is 16.9 Å². The minimum atomic E-state index is 0.500. The number of methoxy groups -OCH3 is 1. The predicted octanol–water partition coefficient (Wildman–Crippen LogP) is 5.38. The number of thiophene rings is 1. The summed E-state index contributed by atoms with van der Waals surface area (Å²) in [6.45, 7) is 6.43. The molecule has 1 aromatic rings. The van der Waals surface area contributed by atoms with E-state index < -0.39 is 0 Å². The Morgan fingerprint density at radius 3 is 2.28 bits per heavy atom. The van der Waals surface area contributed by atoms with Gasteiger partial charge in [-0.15, -0.1) is 11.3 Å². The van der Waals surface area contributed by atoms with Crippen LogP contribution in [-0.4, -0.2) is 14.3 Å². The second-order valence-corrected chi connectivity index (χ2v) is 4.93. The Bertz CT molecular complexity index is 385. The topological polar surface area (TPSA) is 9.23 Å². The number of aryl methyl sites for hydroxylation is 1. The van der Waals surface area contributed by atoms with Gasteiger partial charge in [0.05, 0.1) is 20.0 Å². The summed E-state index contributed by atoms with van der Waals surface area (Å²) in [6.07, 6.45) is 6.24. The van der Waals surface area contributed by atoms with Crippen molar-refractivity contribution in [3.63, 3.8) is 0 Å². The van der Waals surface area contributed by atoms with Gasteiger partial charge in [-0.2, -0.15) is 0 Å². The maximum atomic E-state index is 9.50. The van der Waals surface area contributed by atoms with Crippen LogP contribution >= 0.6 is 11.3 Å². The number of ether oxygens (including phenoxy) is 1. The molecule has 18 heavy (non-hydrogen) atoms. The molecule has 0 atom stereocenters. The van der Waals surface area contributed by atoms with E-state index in [0.717, 1.165) is 18.6 Å². The molecule has 1 heterocycles. The molecule has 102 valence electrons. The maximum absolute atomic E-state index is 9.50. The molecule has 3 heteroatoms. The van der Waals surface area contributed by atoms with E-state index in [0.29, 0.717) is 7.18 Å². The van der Waals surface area contributed by atoms with Gasteiger partial charge in [0.1, 0.15) is 0 Å². The van der Waals surface area contributed by atoms with E-state index in [1.165, 1.54) is 15.3 Å². The Morgan fingerprint density at radius 1 is 1.22 bits per heavy atom. The van der Waals surface area contributed by atoms with E-state index in [2.05, 4.69) is 45.1 Å². The van der Waals surface area contributed by atoms with Crippen LogP contribution in [0, 0.1) is 6.92 Å². The fraction of sp³-hybridized carbons (Fsp3) is 0.467. The van der Waals surface area contributed by atoms with Gasteiger partial charge in [0.25, 0.3) is 0 Å². The summed E-state index contributed by atoms with van der Waals surface area (Å²) in [4.78, 5) is 2.73. The van der Waals surface area contributed by atoms with Gasteiger partial charge in [-0.1, -0.05) is 19.9 Å². The van der Waals surface area contributed by atoms with Crippen molar-refractivity contribution in [3.8, 4) is 0 Å². The molecule has 0 unspecified atom stereocenters. The number of allylic oxidation sites excluding steroid dienone is 4. The van der Waals surface area contributed by atoms with Crippen LogP contribution in [0.3, 0.4) is 0 Å². The number of halogens is 1. The highest BCUT2D eigenvalue weighted by Crippen LogP contribution is 2.26. The summed E-state index contributed by atoms with van der Waals surface area (Å²) in [7, 11) is 2.23. The van der Waals surface area contributed by atoms with Crippen molar-refractivity contribution in [2.45, 2.75) is 33.6 Å². The minimum absolute atomic E-state index is 0.500. The molecule has 1 rings (SSSR count). The first-order chi connectivity index (χ1) is 8.71. The lowest BCUT2D eigenvalue weighted by Gasteiger charge is -2.02. The average Bonchev–Trinajstić information content (AvgIpc) is 2.84. The fourth-order valence-corrected chi connectivity index (χ4v) is 2.47. The molecule has 0 bridgehead atoms. The maximum Gasteiger partial charge on any atom is 0.0952 e. The monoisotopic (exact) mass is 270 g/mol. The lowest BCUT2D eigenvalue weighted by Crippen LogP contribution is -1.83. The van der Waals surface area contributed by atoms with Crippen LogP contribution in [0.1, 0.15) is 36.4 Å². The number of hydrogen-bond acceptors (Lipinski definition) is 2. The van der Waals surface area contributed by atoms with E-state index in [9.17, 15) is 4.39 Å². The van der Waals surface area contributed by atoms with Crippen LogP contribution in [0.25, 0.3) is 5.57 Å². The van der Waals surface area contributed by atoms with Crippen LogP contribution < -0.4 is 0 Å². The van der Waals surface area contributed by atoms with Gasteiger partial charge in [0.2, 0.25) is 0 Å². The average molecular weight is 270 g/mol. The van der Waals surface area contributed by atoms with Gasteiger partial charge in [-0.05, 0) is 37.1 Å². The van der Waals surface area contributed by atoms with E-state index in [-0.39, 0.29) is 0 Å². The molecule has 0 aliphatic carbocycles. The first-order valence-electron chi connectivity index (χ1n) is 6.09. The minimum Gasteiger partial charge on any atom is -0.501 e. The molecule has 0 N–H and O–H groups in total. The second-order valence-electron chi connectivity index (χ2n) is 3.65. The van der Waals surface area contributed by atoms with Crippen LogP contribution in [0.4, 0.5) is 4.39 Å². The summed E-state index contributed by atoms with van der Waals surface area (Å²) in [5.74, 6) is 1.03. The Kier molecular flexibility index (Phi) is 9.29. The molecular formula is C15H23FOS. The van der Waals surface area contributed by atoms with Gasteiger partial charge in [0, 0.05) is 16.2 Å². The van der Waals surface area contributed by atoms with Crippen molar-refractivity contribution in [2.24, 2.45) is 0 Å². The number of alkyl halides is 1. The molecular weight excluding hydrogens is 247 g/mol. The van der Waals surface area contributed by atoms with Crippen LogP contribution in [0.5, 0.6) is 0 Å². The third-order valence-electron chi connectivity index (χ3n) is 2.52. The van der Waals surface area contributed by atoms with Crippen molar-refractivity contribution in [1.82, 2.24) is 0 Å². The first-order valence-corrected chi connectivity index (χ1v) is 6.91. The van der Waals surface area contributed by atoms with Crippen molar-refractivity contribution < 1.29 is 9.13 Å². The smallest absolute Gasteiger partial charge is 0.0952 e. The zero-order chi connectivity index (χ0) is 14.0. The largest absolute Gasteiger partial charge is 0.501 e. The Balaban J connectivity index is 0.00000137. The highest BCUT2D eigenvalue weighted by Gasteiger charge is 2.01. The Morgan fingerprint density at radius 2 is 1.89 bits per heavy atom. The summed E-state index contributed by atoms with van der Waals surface area (Å²) in [5.41, 5.74) is 1.38. The van der Waals surface area contributed by atoms with Gasteiger partial charge in [0.15, 0.2) is 0 Å². The lowest BCUT2D eigenvalue weighted by atomic mass is 10.1. The quantitative estimate of drug-likeness (QED) is 0.516. The van der Waals surface area contributed by atoms with Crippen molar-refractivity contribution in [3.05, 3.63) is 39.8 Å². The Labute approximate surface area is 114 Å². The van der Waals surface area contributed by atoms with E-state index >= 15 is 0 Å². The third kappa shape index (κ3) is 5.50. The molecule has 0 aliphatic heterocycles. The molecule has 1 nitrogen and oxygen atoms in total. The van der Waals surface area contributed by atoms with Crippen LogP contribution in [0.2, 0.25) is 0 Å². The number of hydrogen-bond donors (Lipinski definition) is 0. The highest BCUT2D eigenvalue weighted by molar-refractivity contribution is 7.13. The van der Waals surface area contributed by atoms with Crippen LogP contribution in [0.15, 0.2) is 30.0 Å². The molecule has 0 spiro atoms.